The highest BCUT2D eigenvalue weighted by Crippen LogP contribution is 2.48. The first kappa shape index (κ1) is 23.2. The molecule has 1 unspecified atom stereocenters. The molecule has 1 N–H and O–H groups in total. The van der Waals surface area contributed by atoms with E-state index in [1.807, 2.05) is 18.2 Å². The van der Waals surface area contributed by atoms with Gasteiger partial charge in [0.25, 0.3) is 0 Å². The number of aromatic nitrogens is 2. The van der Waals surface area contributed by atoms with E-state index in [0.717, 1.165) is 30.2 Å². The Hall–Kier alpha value is -3.55. The number of halogens is 2. The zero-order valence-electron chi connectivity index (χ0n) is 19.5. The summed E-state index contributed by atoms with van der Waals surface area (Å²) in [6, 6.07) is 8.53. The molecule has 1 fully saturated rings. The Balaban J connectivity index is 1.41. The molecule has 1 saturated carbocycles. The third-order valence-electron chi connectivity index (χ3n) is 7.00. The second kappa shape index (κ2) is 9.24. The Morgan fingerprint density at radius 1 is 1.11 bits per heavy atom. The SMILES string of the molecule is COc1cc(-c2cnc(C3CCc4ccc([C@H](C5CC5)[C@H](C)C(=O)O)cc4O3)c(F)c2)c(F)cn1. The first-order valence-corrected chi connectivity index (χ1v) is 11.7. The first-order chi connectivity index (χ1) is 16.9. The Bertz CT molecular complexity index is 1280. The van der Waals surface area contributed by atoms with Crippen molar-refractivity contribution < 1.29 is 28.2 Å². The zero-order chi connectivity index (χ0) is 24.7. The molecule has 3 aromatic rings. The van der Waals surface area contributed by atoms with Crippen LogP contribution in [0, 0.1) is 23.5 Å². The number of aryl methyl sites for hydroxylation is 1. The Kier molecular flexibility index (Phi) is 6.13. The maximum Gasteiger partial charge on any atom is 0.306 e. The highest BCUT2D eigenvalue weighted by atomic mass is 19.1. The molecule has 8 heteroatoms. The van der Waals surface area contributed by atoms with Crippen LogP contribution in [0.1, 0.15) is 55.0 Å². The van der Waals surface area contributed by atoms with E-state index >= 15 is 4.39 Å². The molecule has 35 heavy (non-hydrogen) atoms. The number of hydrogen-bond acceptors (Lipinski definition) is 5. The van der Waals surface area contributed by atoms with Crippen LogP contribution < -0.4 is 9.47 Å². The topological polar surface area (TPSA) is 81.5 Å². The summed E-state index contributed by atoms with van der Waals surface area (Å²) in [5.41, 5.74) is 2.52. The molecule has 1 aliphatic carbocycles. The molecular weight excluding hydrogens is 454 g/mol. The second-order valence-electron chi connectivity index (χ2n) is 9.30. The van der Waals surface area contributed by atoms with Crippen LogP contribution in [0.2, 0.25) is 0 Å². The lowest BCUT2D eigenvalue weighted by atomic mass is 9.82. The number of fused-ring (bicyclic) bond motifs is 1. The molecule has 5 rings (SSSR count). The number of methoxy groups -OCH3 is 1. The van der Waals surface area contributed by atoms with Crippen molar-refractivity contribution in [2.75, 3.05) is 7.11 Å². The largest absolute Gasteiger partial charge is 0.484 e. The number of nitrogens with zero attached hydrogens (tertiary/aromatic N) is 2. The van der Waals surface area contributed by atoms with Crippen LogP contribution in [0.25, 0.3) is 11.1 Å². The Morgan fingerprint density at radius 2 is 1.91 bits per heavy atom. The molecule has 0 amide bonds. The summed E-state index contributed by atoms with van der Waals surface area (Å²) in [7, 11) is 1.42. The molecule has 182 valence electrons. The van der Waals surface area contributed by atoms with Gasteiger partial charge in [-0.2, -0.15) is 0 Å². The maximum absolute atomic E-state index is 15.1. The lowest BCUT2D eigenvalue weighted by Gasteiger charge is -2.28. The van der Waals surface area contributed by atoms with E-state index in [1.165, 1.54) is 25.4 Å². The van der Waals surface area contributed by atoms with Gasteiger partial charge in [0.15, 0.2) is 0 Å². The van der Waals surface area contributed by atoms with Crippen molar-refractivity contribution >= 4 is 5.97 Å². The van der Waals surface area contributed by atoms with E-state index in [0.29, 0.717) is 24.5 Å². The number of hydrogen-bond donors (Lipinski definition) is 1. The molecule has 1 aromatic carbocycles. The van der Waals surface area contributed by atoms with Crippen molar-refractivity contribution in [1.29, 1.82) is 0 Å². The van der Waals surface area contributed by atoms with Gasteiger partial charge in [-0.05, 0) is 60.8 Å². The fourth-order valence-electron chi connectivity index (χ4n) is 4.95. The molecule has 2 aromatic heterocycles. The third-order valence-corrected chi connectivity index (χ3v) is 7.00. The number of aliphatic carboxylic acids is 1. The molecule has 6 nitrogen and oxygen atoms in total. The summed E-state index contributed by atoms with van der Waals surface area (Å²) in [4.78, 5) is 19.8. The van der Waals surface area contributed by atoms with Gasteiger partial charge in [0.2, 0.25) is 5.88 Å². The number of carboxylic acid groups (broad SMARTS) is 1. The summed E-state index contributed by atoms with van der Waals surface area (Å²) in [6.45, 7) is 1.75. The predicted octanol–water partition coefficient (Wildman–Crippen LogP) is 5.71. The molecule has 3 atom stereocenters. The third kappa shape index (κ3) is 4.57. The standard InChI is InChI=1S/C27H26F2N2O4/c1-14(27(32)33)25(16-4-5-16)17-6-3-15-7-8-22(35-23(15)10-17)26-20(28)9-18(12-31-26)19-11-24(34-2)30-13-21(19)29/h3,6,9-14,16,22,25H,4-5,7-8H2,1-2H3,(H,32,33)/t14-,22?,25-/m0/s1. The highest BCUT2D eigenvalue weighted by Gasteiger charge is 2.39. The normalized spacial score (nSPS) is 18.8. The first-order valence-electron chi connectivity index (χ1n) is 11.7. The van der Waals surface area contributed by atoms with E-state index in [9.17, 15) is 14.3 Å². The van der Waals surface area contributed by atoms with Crippen molar-refractivity contribution in [2.45, 2.75) is 44.6 Å². The van der Waals surface area contributed by atoms with Crippen molar-refractivity contribution in [1.82, 2.24) is 9.97 Å². The minimum Gasteiger partial charge on any atom is -0.484 e. The highest BCUT2D eigenvalue weighted by molar-refractivity contribution is 5.71. The van der Waals surface area contributed by atoms with E-state index < -0.39 is 29.6 Å². The van der Waals surface area contributed by atoms with Gasteiger partial charge in [0.05, 0.1) is 19.2 Å². The van der Waals surface area contributed by atoms with Crippen molar-refractivity contribution in [2.24, 2.45) is 11.8 Å². The van der Waals surface area contributed by atoms with Crippen LogP contribution in [0.15, 0.2) is 42.7 Å². The number of carbonyl (C=O) groups is 1. The molecule has 2 aliphatic rings. The average molecular weight is 481 g/mol. The van der Waals surface area contributed by atoms with Crippen LogP contribution in [0.5, 0.6) is 11.6 Å². The van der Waals surface area contributed by atoms with Gasteiger partial charge < -0.3 is 14.6 Å². The number of carboxylic acids is 1. The summed E-state index contributed by atoms with van der Waals surface area (Å²) in [6.07, 6.45) is 5.12. The van der Waals surface area contributed by atoms with Gasteiger partial charge in [0.1, 0.15) is 29.2 Å². The van der Waals surface area contributed by atoms with E-state index in [-0.39, 0.29) is 28.6 Å². The summed E-state index contributed by atoms with van der Waals surface area (Å²) < 4.78 is 40.7. The van der Waals surface area contributed by atoms with Crippen LogP contribution >= 0.6 is 0 Å². The van der Waals surface area contributed by atoms with Gasteiger partial charge in [-0.3, -0.25) is 9.78 Å². The van der Waals surface area contributed by atoms with Gasteiger partial charge in [0, 0.05) is 23.4 Å². The average Bonchev–Trinajstić information content (AvgIpc) is 3.69. The van der Waals surface area contributed by atoms with Gasteiger partial charge in [-0.1, -0.05) is 19.1 Å². The fourth-order valence-corrected chi connectivity index (χ4v) is 4.95. The smallest absolute Gasteiger partial charge is 0.306 e. The van der Waals surface area contributed by atoms with Crippen molar-refractivity contribution in [3.63, 3.8) is 0 Å². The molecule has 1 aliphatic heterocycles. The van der Waals surface area contributed by atoms with Crippen molar-refractivity contribution in [3.8, 4) is 22.8 Å². The predicted molar refractivity (Wildman–Crippen MR) is 124 cm³/mol. The summed E-state index contributed by atoms with van der Waals surface area (Å²) in [5, 5.41) is 9.59. The minimum absolute atomic E-state index is 0.0804. The van der Waals surface area contributed by atoms with Gasteiger partial charge >= 0.3 is 5.97 Å². The molecular formula is C27H26F2N2O4. The van der Waals surface area contributed by atoms with E-state index in [1.54, 1.807) is 6.92 Å². The molecule has 0 spiro atoms. The summed E-state index contributed by atoms with van der Waals surface area (Å²) in [5.74, 6) is -1.37. The second-order valence-corrected chi connectivity index (χ2v) is 9.30. The zero-order valence-corrected chi connectivity index (χ0v) is 19.5. The van der Waals surface area contributed by atoms with Crippen molar-refractivity contribution in [3.05, 3.63) is 71.2 Å². The van der Waals surface area contributed by atoms with Crippen LogP contribution in [-0.2, 0) is 11.2 Å². The number of pyridine rings is 2. The lowest BCUT2D eigenvalue weighted by molar-refractivity contribution is -0.142. The Labute approximate surface area is 202 Å². The van der Waals surface area contributed by atoms with Gasteiger partial charge in [-0.25, -0.2) is 13.8 Å². The summed E-state index contributed by atoms with van der Waals surface area (Å²) >= 11 is 0. The van der Waals surface area contributed by atoms with E-state index in [4.69, 9.17) is 9.47 Å². The fraction of sp³-hybridized carbons (Fsp3) is 0.370. The quantitative estimate of drug-likeness (QED) is 0.466. The molecule has 0 bridgehead atoms. The number of rotatable bonds is 7. The van der Waals surface area contributed by atoms with Crippen LogP contribution in [-0.4, -0.2) is 28.2 Å². The number of ether oxygens (including phenoxy) is 2. The molecule has 0 saturated heterocycles. The van der Waals surface area contributed by atoms with Crippen LogP contribution in [0.4, 0.5) is 8.78 Å². The van der Waals surface area contributed by atoms with E-state index in [2.05, 4.69) is 9.97 Å². The lowest BCUT2D eigenvalue weighted by Crippen LogP contribution is -2.22. The molecule has 0 radical (unpaired) electrons. The maximum atomic E-state index is 15.1. The monoisotopic (exact) mass is 480 g/mol. The molecule has 3 heterocycles. The number of benzene rings is 1. The minimum atomic E-state index is -0.812. The Morgan fingerprint density at radius 3 is 2.60 bits per heavy atom. The van der Waals surface area contributed by atoms with Gasteiger partial charge in [-0.15, -0.1) is 0 Å². The van der Waals surface area contributed by atoms with Crippen LogP contribution in [0.3, 0.4) is 0 Å².